The molecule has 0 saturated heterocycles. The van der Waals surface area contributed by atoms with E-state index in [0.29, 0.717) is 21.6 Å². The summed E-state index contributed by atoms with van der Waals surface area (Å²) in [6, 6.07) is 8.35. The number of nitrogens with zero attached hydrogens (tertiary/aromatic N) is 2. The molecule has 1 aliphatic rings. The Labute approximate surface area is 173 Å². The minimum absolute atomic E-state index is 0.0499. The Kier molecular flexibility index (Phi) is 6.12. The second-order valence-corrected chi connectivity index (χ2v) is 7.82. The first-order valence-electron chi connectivity index (χ1n) is 8.09. The summed E-state index contributed by atoms with van der Waals surface area (Å²) in [6.07, 6.45) is -4.53. The minimum Gasteiger partial charge on any atom is -0.307 e. The Hall–Kier alpha value is -1.90. The van der Waals surface area contributed by atoms with Crippen molar-refractivity contribution in [1.82, 2.24) is 0 Å². The highest BCUT2D eigenvalue weighted by molar-refractivity contribution is 8.14. The number of urea groups is 1. The molecule has 1 aliphatic heterocycles. The fourth-order valence-electron chi connectivity index (χ4n) is 2.47. The van der Waals surface area contributed by atoms with E-state index in [9.17, 15) is 18.0 Å². The summed E-state index contributed by atoms with van der Waals surface area (Å²) in [7, 11) is 0. The van der Waals surface area contributed by atoms with Crippen LogP contribution in [0.15, 0.2) is 47.5 Å². The summed E-state index contributed by atoms with van der Waals surface area (Å²) < 4.78 is 39.4. The second-order valence-electron chi connectivity index (χ2n) is 6.01. The molecule has 1 N–H and O–H groups in total. The van der Waals surface area contributed by atoms with E-state index in [1.165, 1.54) is 36.0 Å². The molecular formula is C18H14Cl2F3N3OS. The first-order valence-corrected chi connectivity index (χ1v) is 9.83. The lowest BCUT2D eigenvalue weighted by molar-refractivity contribution is -0.137. The lowest BCUT2D eigenvalue weighted by atomic mass is 10.2. The number of carbonyl (C=O) groups excluding carboxylic acids is 1. The molecule has 2 aromatic rings. The van der Waals surface area contributed by atoms with E-state index in [0.717, 1.165) is 17.0 Å². The van der Waals surface area contributed by atoms with Crippen LogP contribution >= 0.6 is 35.0 Å². The number of nitrogens with one attached hydrogen (secondary N) is 1. The molecule has 0 bridgehead atoms. The Morgan fingerprint density at radius 2 is 1.96 bits per heavy atom. The molecule has 10 heteroatoms. The number of halogens is 5. The van der Waals surface area contributed by atoms with Crippen LogP contribution in [0.5, 0.6) is 0 Å². The number of aliphatic imine (C=N–C) groups is 1. The van der Waals surface area contributed by atoms with Crippen LogP contribution in [0.25, 0.3) is 0 Å². The normalized spacial score (nSPS) is 16.6. The van der Waals surface area contributed by atoms with E-state index in [2.05, 4.69) is 10.3 Å². The molecule has 2 aromatic carbocycles. The first-order chi connectivity index (χ1) is 13.1. The molecule has 0 aromatic heterocycles. The second kappa shape index (κ2) is 8.23. The minimum atomic E-state index is -4.53. The Morgan fingerprint density at radius 1 is 1.21 bits per heavy atom. The molecule has 0 radical (unpaired) electrons. The van der Waals surface area contributed by atoms with E-state index in [4.69, 9.17) is 23.2 Å². The maximum Gasteiger partial charge on any atom is 0.416 e. The predicted octanol–water partition coefficient (Wildman–Crippen LogP) is 6.54. The Bertz CT molecular complexity index is 937. The van der Waals surface area contributed by atoms with Crippen LogP contribution in [-0.2, 0) is 6.18 Å². The van der Waals surface area contributed by atoms with Gasteiger partial charge < -0.3 is 5.32 Å². The van der Waals surface area contributed by atoms with Gasteiger partial charge in [-0.05, 0) is 43.3 Å². The molecule has 0 aliphatic carbocycles. The third kappa shape index (κ3) is 4.74. The van der Waals surface area contributed by atoms with Crippen LogP contribution in [0.1, 0.15) is 12.5 Å². The third-order valence-electron chi connectivity index (χ3n) is 3.78. The molecule has 3 rings (SSSR count). The highest BCUT2D eigenvalue weighted by atomic mass is 35.5. The summed E-state index contributed by atoms with van der Waals surface area (Å²) in [5.74, 6) is 0.630. The number of hydrogen-bond acceptors (Lipinski definition) is 3. The van der Waals surface area contributed by atoms with Crippen LogP contribution in [0.3, 0.4) is 0 Å². The number of benzene rings is 2. The smallest absolute Gasteiger partial charge is 0.307 e. The van der Waals surface area contributed by atoms with Crippen molar-refractivity contribution in [2.45, 2.75) is 19.1 Å². The quantitative estimate of drug-likeness (QED) is 0.567. The van der Waals surface area contributed by atoms with Crippen molar-refractivity contribution in [1.29, 1.82) is 0 Å². The van der Waals surface area contributed by atoms with Crippen LogP contribution < -0.4 is 10.2 Å². The maximum atomic E-state index is 13.1. The van der Waals surface area contributed by atoms with Crippen molar-refractivity contribution in [3.63, 3.8) is 0 Å². The molecule has 148 valence electrons. The molecule has 0 fully saturated rings. The zero-order valence-corrected chi connectivity index (χ0v) is 16.8. The van der Waals surface area contributed by atoms with Gasteiger partial charge in [-0.15, -0.1) is 0 Å². The maximum absolute atomic E-state index is 13.1. The first kappa shape index (κ1) is 20.8. The molecular weight excluding hydrogens is 434 g/mol. The van der Waals surface area contributed by atoms with Crippen LogP contribution in [0.4, 0.5) is 29.3 Å². The highest BCUT2D eigenvalue weighted by Crippen LogP contribution is 2.34. The number of amidine groups is 1. The average molecular weight is 448 g/mol. The zero-order valence-electron chi connectivity index (χ0n) is 14.4. The van der Waals surface area contributed by atoms with Gasteiger partial charge in [-0.3, -0.25) is 4.99 Å². The average Bonchev–Trinajstić information content (AvgIpc) is 3.04. The molecule has 1 atom stereocenters. The van der Waals surface area contributed by atoms with Gasteiger partial charge in [0.15, 0.2) is 5.17 Å². The van der Waals surface area contributed by atoms with Gasteiger partial charge in [0, 0.05) is 11.4 Å². The monoisotopic (exact) mass is 447 g/mol. The zero-order chi connectivity index (χ0) is 20.5. The van der Waals surface area contributed by atoms with Gasteiger partial charge in [-0.25, -0.2) is 9.69 Å². The van der Waals surface area contributed by atoms with Crippen LogP contribution in [0, 0.1) is 0 Å². The van der Waals surface area contributed by atoms with Crippen molar-refractivity contribution >= 4 is 57.5 Å². The summed E-state index contributed by atoms with van der Waals surface area (Å²) >= 11 is 13.1. The van der Waals surface area contributed by atoms with Crippen molar-refractivity contribution in [2.24, 2.45) is 4.99 Å². The predicted molar refractivity (Wildman–Crippen MR) is 109 cm³/mol. The summed E-state index contributed by atoms with van der Waals surface area (Å²) in [5.41, 5.74) is -0.435. The number of hydrogen-bond donors (Lipinski definition) is 1. The SMILES string of the molecule is CC1CSC(N(C(=O)Nc2ccc(Cl)c(Cl)c2)c2cccc(C(F)(F)F)c2)=N1. The van der Waals surface area contributed by atoms with Crippen molar-refractivity contribution in [3.05, 3.63) is 58.1 Å². The summed E-state index contributed by atoms with van der Waals surface area (Å²) in [6.45, 7) is 1.86. The molecule has 1 unspecified atom stereocenters. The molecule has 4 nitrogen and oxygen atoms in total. The van der Waals surface area contributed by atoms with Gasteiger partial charge in [0.05, 0.1) is 27.3 Å². The van der Waals surface area contributed by atoms with E-state index < -0.39 is 17.8 Å². The number of rotatable bonds is 2. The van der Waals surface area contributed by atoms with Crippen molar-refractivity contribution < 1.29 is 18.0 Å². The van der Waals surface area contributed by atoms with Gasteiger partial charge in [-0.2, -0.15) is 13.2 Å². The van der Waals surface area contributed by atoms with E-state index in [1.807, 2.05) is 6.92 Å². The van der Waals surface area contributed by atoms with Gasteiger partial charge in [0.2, 0.25) is 0 Å². The summed E-state index contributed by atoms with van der Waals surface area (Å²) in [4.78, 5) is 18.4. The molecule has 0 spiro atoms. The molecule has 0 saturated carbocycles. The van der Waals surface area contributed by atoms with Gasteiger partial charge >= 0.3 is 12.2 Å². The molecule has 1 heterocycles. The topological polar surface area (TPSA) is 44.7 Å². The third-order valence-corrected chi connectivity index (χ3v) is 5.72. The molecule has 28 heavy (non-hydrogen) atoms. The summed E-state index contributed by atoms with van der Waals surface area (Å²) in [5, 5.41) is 3.51. The standard InChI is InChI=1S/C18H14Cl2F3N3OS/c1-10-9-28-17(24-10)26(13-4-2-3-11(7-13)18(21,22)23)16(27)25-12-5-6-14(19)15(20)8-12/h2-8,10H,9H2,1H3,(H,25,27). The number of alkyl halides is 3. The largest absolute Gasteiger partial charge is 0.416 e. The fraction of sp³-hybridized carbons (Fsp3) is 0.222. The van der Waals surface area contributed by atoms with Crippen LogP contribution in [-0.4, -0.2) is 23.0 Å². The fourth-order valence-corrected chi connectivity index (χ4v) is 3.80. The Morgan fingerprint density at radius 3 is 2.57 bits per heavy atom. The van der Waals surface area contributed by atoms with Gasteiger partial charge in [-0.1, -0.05) is 41.0 Å². The number of thioether (sulfide) groups is 1. The van der Waals surface area contributed by atoms with E-state index >= 15 is 0 Å². The molecule has 2 amide bonds. The van der Waals surface area contributed by atoms with E-state index in [1.54, 1.807) is 6.07 Å². The van der Waals surface area contributed by atoms with Crippen LogP contribution in [0.2, 0.25) is 10.0 Å². The van der Waals surface area contributed by atoms with Gasteiger partial charge in [0.1, 0.15) is 0 Å². The lowest BCUT2D eigenvalue weighted by Crippen LogP contribution is -2.38. The Balaban J connectivity index is 1.97. The van der Waals surface area contributed by atoms with E-state index in [-0.39, 0.29) is 16.8 Å². The number of carbonyl (C=O) groups is 1. The highest BCUT2D eigenvalue weighted by Gasteiger charge is 2.33. The number of anilines is 2. The lowest BCUT2D eigenvalue weighted by Gasteiger charge is -2.23. The van der Waals surface area contributed by atoms with Crippen molar-refractivity contribution in [3.8, 4) is 0 Å². The number of amides is 2. The van der Waals surface area contributed by atoms with Crippen molar-refractivity contribution in [2.75, 3.05) is 16.0 Å². The van der Waals surface area contributed by atoms with Gasteiger partial charge in [0.25, 0.3) is 0 Å².